The molecule has 1 amide bonds. The Labute approximate surface area is 150 Å². The van der Waals surface area contributed by atoms with Crippen molar-refractivity contribution in [3.05, 3.63) is 35.1 Å². The van der Waals surface area contributed by atoms with Crippen molar-refractivity contribution in [2.75, 3.05) is 7.11 Å². The van der Waals surface area contributed by atoms with Gasteiger partial charge in [0.15, 0.2) is 0 Å². The first-order chi connectivity index (χ1) is 12.0. The van der Waals surface area contributed by atoms with E-state index < -0.39 is 0 Å². The van der Waals surface area contributed by atoms with Gasteiger partial charge in [-0.15, -0.1) is 5.10 Å². The second-order valence-corrected chi connectivity index (χ2v) is 6.48. The van der Waals surface area contributed by atoms with Gasteiger partial charge in [-0.1, -0.05) is 0 Å². The molecule has 3 rings (SSSR count). The molecule has 9 heteroatoms. The molecule has 0 bridgehead atoms. The zero-order valence-corrected chi connectivity index (χ0v) is 14.5. The maximum Gasteiger partial charge on any atom is 0.242 e. The van der Waals surface area contributed by atoms with Crippen LogP contribution in [-0.2, 0) is 11.2 Å². The van der Waals surface area contributed by atoms with Crippen molar-refractivity contribution in [1.82, 2.24) is 25.5 Å². The van der Waals surface area contributed by atoms with Crippen molar-refractivity contribution in [3.63, 3.8) is 0 Å². The minimum Gasteiger partial charge on any atom is -0.495 e. The molecule has 134 valence electrons. The lowest BCUT2D eigenvalue weighted by atomic mass is 9.75. The molecule has 3 N–H and O–H groups in total. The predicted molar refractivity (Wildman–Crippen MR) is 90.1 cm³/mol. The minimum absolute atomic E-state index is 0.110. The first-order valence-electron chi connectivity index (χ1n) is 8.08. The minimum atomic E-state index is -0.306. The molecule has 0 aliphatic heterocycles. The number of amides is 1. The normalized spacial score (nSPS) is 20.6. The number of aliphatic hydroxyl groups is 1. The Kier molecular flexibility index (Phi) is 5.50. The lowest BCUT2D eigenvalue weighted by Gasteiger charge is -2.38. The lowest BCUT2D eigenvalue weighted by Crippen LogP contribution is -2.41. The molecule has 1 aliphatic carbocycles. The zero-order chi connectivity index (χ0) is 17.8. The molecule has 8 nitrogen and oxygen atoms in total. The van der Waals surface area contributed by atoms with Crippen molar-refractivity contribution in [3.8, 4) is 5.75 Å². The highest BCUT2D eigenvalue weighted by molar-refractivity contribution is 6.28. The smallest absolute Gasteiger partial charge is 0.242 e. The summed E-state index contributed by atoms with van der Waals surface area (Å²) in [5.74, 6) is 1.26. The summed E-state index contributed by atoms with van der Waals surface area (Å²) in [6.45, 7) is 0. The second-order valence-electron chi connectivity index (χ2n) is 6.14. The maximum atomic E-state index is 12.4. The topological polar surface area (TPSA) is 113 Å². The number of ether oxygens (including phenoxy) is 1. The van der Waals surface area contributed by atoms with Crippen molar-refractivity contribution in [1.29, 1.82) is 0 Å². The van der Waals surface area contributed by atoms with Gasteiger partial charge in [0, 0.05) is 19.0 Å². The van der Waals surface area contributed by atoms with E-state index in [1.807, 2.05) is 6.07 Å². The third-order valence-corrected chi connectivity index (χ3v) is 4.53. The molecule has 1 atom stereocenters. The molecule has 2 heterocycles. The van der Waals surface area contributed by atoms with E-state index in [2.05, 4.69) is 25.5 Å². The fourth-order valence-electron chi connectivity index (χ4n) is 2.95. The molecule has 1 fully saturated rings. The number of aromatic nitrogens is 4. The average molecular weight is 366 g/mol. The van der Waals surface area contributed by atoms with E-state index in [4.69, 9.17) is 16.3 Å². The summed E-state index contributed by atoms with van der Waals surface area (Å²) >= 11 is 5.65. The van der Waals surface area contributed by atoms with Gasteiger partial charge < -0.3 is 15.2 Å². The van der Waals surface area contributed by atoms with Gasteiger partial charge in [-0.3, -0.25) is 14.9 Å². The van der Waals surface area contributed by atoms with Gasteiger partial charge in [0.2, 0.25) is 11.2 Å². The summed E-state index contributed by atoms with van der Waals surface area (Å²) in [5, 5.41) is 19.2. The van der Waals surface area contributed by atoms with Gasteiger partial charge in [-0.05, 0) is 42.0 Å². The fourth-order valence-corrected chi connectivity index (χ4v) is 3.10. The second kappa shape index (κ2) is 7.79. The van der Waals surface area contributed by atoms with E-state index in [1.165, 1.54) is 0 Å². The van der Waals surface area contributed by atoms with Crippen LogP contribution in [-0.4, -0.2) is 44.4 Å². The van der Waals surface area contributed by atoms with Crippen LogP contribution in [0, 0.1) is 5.92 Å². The van der Waals surface area contributed by atoms with Crippen molar-refractivity contribution >= 4 is 17.5 Å². The van der Waals surface area contributed by atoms with Crippen molar-refractivity contribution in [2.45, 2.75) is 37.8 Å². The van der Waals surface area contributed by atoms with Gasteiger partial charge in [-0.2, -0.15) is 0 Å². The number of aromatic amines is 1. The summed E-state index contributed by atoms with van der Waals surface area (Å²) in [5.41, 5.74) is 0.868. The molecule has 2 aromatic heterocycles. The molecule has 0 aromatic carbocycles. The molecule has 1 aliphatic rings. The highest BCUT2D eigenvalue weighted by atomic mass is 35.5. The van der Waals surface area contributed by atoms with Gasteiger partial charge in [-0.25, -0.2) is 4.98 Å². The average Bonchev–Trinajstić information content (AvgIpc) is 3.01. The van der Waals surface area contributed by atoms with Crippen LogP contribution in [0.1, 0.15) is 36.7 Å². The van der Waals surface area contributed by atoms with Gasteiger partial charge >= 0.3 is 0 Å². The van der Waals surface area contributed by atoms with E-state index in [9.17, 15) is 9.90 Å². The van der Waals surface area contributed by atoms with Gasteiger partial charge in [0.05, 0.1) is 25.5 Å². The Bertz CT molecular complexity index is 732. The van der Waals surface area contributed by atoms with Crippen LogP contribution in [0.5, 0.6) is 5.75 Å². The predicted octanol–water partition coefficient (Wildman–Crippen LogP) is 1.42. The molecule has 0 saturated heterocycles. The van der Waals surface area contributed by atoms with Crippen LogP contribution in [0.25, 0.3) is 0 Å². The van der Waals surface area contributed by atoms with Gasteiger partial charge in [0.25, 0.3) is 0 Å². The summed E-state index contributed by atoms with van der Waals surface area (Å²) in [4.78, 5) is 20.5. The van der Waals surface area contributed by atoms with E-state index in [0.29, 0.717) is 30.8 Å². The van der Waals surface area contributed by atoms with E-state index in [0.717, 1.165) is 5.56 Å². The summed E-state index contributed by atoms with van der Waals surface area (Å²) in [6.07, 6.45) is 5.01. The Morgan fingerprint density at radius 1 is 1.52 bits per heavy atom. The molecule has 25 heavy (non-hydrogen) atoms. The molecular formula is C16H20ClN5O3. The SMILES string of the molecule is COc1cncc([C@@H](NC(=O)CCc2nc(Cl)n[nH]2)C2CC(O)C2)c1. The molecule has 0 unspecified atom stereocenters. The maximum absolute atomic E-state index is 12.4. The third kappa shape index (κ3) is 4.46. The van der Waals surface area contributed by atoms with Crippen molar-refractivity contribution in [2.24, 2.45) is 5.92 Å². The zero-order valence-electron chi connectivity index (χ0n) is 13.8. The van der Waals surface area contributed by atoms with E-state index in [-0.39, 0.29) is 35.7 Å². The number of hydrogen-bond acceptors (Lipinski definition) is 6. The quantitative estimate of drug-likeness (QED) is 0.684. The number of H-pyrrole nitrogens is 1. The molecular weight excluding hydrogens is 346 g/mol. The van der Waals surface area contributed by atoms with E-state index in [1.54, 1.807) is 19.5 Å². The standard InChI is InChI=1S/C16H20ClN5O3/c1-25-12-6-10(7-18-8-12)15(9-4-11(23)5-9)20-14(24)3-2-13-19-16(17)22-21-13/h6-9,11,15,23H,2-5H2,1H3,(H,20,24)(H,19,21,22)/t9?,11?,15-/m0/s1. The largest absolute Gasteiger partial charge is 0.495 e. The number of nitrogens with zero attached hydrogens (tertiary/aromatic N) is 3. The summed E-state index contributed by atoms with van der Waals surface area (Å²) < 4.78 is 5.21. The van der Waals surface area contributed by atoms with Crippen LogP contribution in [0.4, 0.5) is 0 Å². The molecule has 2 aromatic rings. The number of hydrogen-bond donors (Lipinski definition) is 3. The fraction of sp³-hybridized carbons (Fsp3) is 0.500. The summed E-state index contributed by atoms with van der Waals surface area (Å²) in [6, 6.07) is 1.65. The van der Waals surface area contributed by atoms with Crippen LogP contribution < -0.4 is 10.1 Å². The molecule has 1 saturated carbocycles. The van der Waals surface area contributed by atoms with E-state index >= 15 is 0 Å². The first-order valence-corrected chi connectivity index (χ1v) is 8.46. The van der Waals surface area contributed by atoms with Crippen molar-refractivity contribution < 1.29 is 14.6 Å². The summed E-state index contributed by atoms with van der Waals surface area (Å²) in [7, 11) is 1.57. The Hall–Kier alpha value is -2.19. The Morgan fingerprint density at radius 3 is 2.96 bits per heavy atom. The molecule has 0 spiro atoms. The highest BCUT2D eigenvalue weighted by Crippen LogP contribution is 2.38. The first kappa shape index (κ1) is 17.6. The highest BCUT2D eigenvalue weighted by Gasteiger charge is 2.36. The number of aliphatic hydroxyl groups excluding tert-OH is 1. The number of rotatable bonds is 7. The Morgan fingerprint density at radius 2 is 2.32 bits per heavy atom. The lowest BCUT2D eigenvalue weighted by molar-refractivity contribution is -0.123. The number of aryl methyl sites for hydroxylation is 1. The van der Waals surface area contributed by atoms with Gasteiger partial charge in [0.1, 0.15) is 11.6 Å². The monoisotopic (exact) mass is 365 g/mol. The number of methoxy groups -OCH3 is 1. The number of carbonyl (C=O) groups excluding carboxylic acids is 1. The number of carbonyl (C=O) groups is 1. The Balaban J connectivity index is 1.65. The van der Waals surface area contributed by atoms with Crippen LogP contribution in [0.2, 0.25) is 5.28 Å². The van der Waals surface area contributed by atoms with Crippen LogP contribution in [0.3, 0.4) is 0 Å². The molecule has 0 radical (unpaired) electrons. The number of nitrogens with one attached hydrogen (secondary N) is 2. The van der Waals surface area contributed by atoms with Crippen LogP contribution in [0.15, 0.2) is 18.5 Å². The third-order valence-electron chi connectivity index (χ3n) is 4.36. The van der Waals surface area contributed by atoms with Crippen LogP contribution >= 0.6 is 11.6 Å². The number of pyridine rings is 1. The number of halogens is 1.